The van der Waals surface area contributed by atoms with Crippen LogP contribution < -0.4 is 5.32 Å². The summed E-state index contributed by atoms with van der Waals surface area (Å²) in [6, 6.07) is -0.840. The highest BCUT2D eigenvalue weighted by molar-refractivity contribution is 5.76. The molecule has 11 nitrogen and oxygen atoms in total. The maximum Gasteiger partial charge on any atom is 0.305 e. The Morgan fingerprint density at radius 2 is 0.944 bits per heavy atom. The molecule has 1 amide bonds. The molecule has 1 fully saturated rings. The smallest absolute Gasteiger partial charge is 0.305 e. The van der Waals surface area contributed by atoms with E-state index in [2.05, 4.69) is 55.6 Å². The van der Waals surface area contributed by atoms with Crippen LogP contribution in [-0.2, 0) is 23.8 Å². The molecule has 6 N–H and O–H groups in total. The fraction of sp³-hybridized carbons (Fsp3) is 0.833. The summed E-state index contributed by atoms with van der Waals surface area (Å²) in [5.41, 5.74) is 0. The minimum absolute atomic E-state index is 0.00675. The largest absolute Gasteiger partial charge is 0.466 e. The van der Waals surface area contributed by atoms with Crippen molar-refractivity contribution in [2.75, 3.05) is 19.8 Å². The van der Waals surface area contributed by atoms with Gasteiger partial charge in [0.2, 0.25) is 5.91 Å². The Bertz CT molecular complexity index is 1320. The number of hydrogen-bond donors (Lipinski definition) is 6. The highest BCUT2D eigenvalue weighted by Gasteiger charge is 2.44. The molecule has 0 aromatic rings. The summed E-state index contributed by atoms with van der Waals surface area (Å²) in [7, 11) is 0. The topological polar surface area (TPSA) is 175 Å². The van der Waals surface area contributed by atoms with Crippen molar-refractivity contribution in [3.8, 4) is 0 Å². The first-order valence-electron chi connectivity index (χ1n) is 29.4. The molecule has 1 heterocycles. The van der Waals surface area contributed by atoms with Crippen LogP contribution in [0, 0.1) is 0 Å². The minimum Gasteiger partial charge on any atom is -0.466 e. The molecule has 7 atom stereocenters. The van der Waals surface area contributed by atoms with E-state index in [9.17, 15) is 35.1 Å². The molecule has 0 aromatic carbocycles. The Morgan fingerprint density at radius 3 is 1.45 bits per heavy atom. The predicted octanol–water partition coefficient (Wildman–Crippen LogP) is 13.3. The Hall–Kier alpha value is -2.38. The van der Waals surface area contributed by atoms with Crippen molar-refractivity contribution < 1.29 is 49.3 Å². The van der Waals surface area contributed by atoms with Crippen LogP contribution in [0.3, 0.4) is 0 Å². The molecule has 414 valence electrons. The van der Waals surface area contributed by atoms with E-state index in [-0.39, 0.29) is 18.5 Å². The first-order chi connectivity index (χ1) is 34.7. The van der Waals surface area contributed by atoms with E-state index in [4.69, 9.17) is 14.2 Å². The SMILES string of the molecule is CCC/C=C/CC/C=C/CC/C=C/C(O)C(COC1OC(CO)C(O)C(O)C1O)NC(=O)CCCCCCCCC/C=C\CCCCCCCCCCCCOC(=O)CCCCCCCCCCCCC. The average molecular weight is 1000 g/mol. The Kier molecular flexibility index (Phi) is 46.7. The number of aliphatic hydroxyl groups excluding tert-OH is 5. The first kappa shape index (κ1) is 66.6. The van der Waals surface area contributed by atoms with Gasteiger partial charge in [0.15, 0.2) is 6.29 Å². The van der Waals surface area contributed by atoms with Gasteiger partial charge in [-0.25, -0.2) is 0 Å². The van der Waals surface area contributed by atoms with Gasteiger partial charge in [-0.05, 0) is 77.0 Å². The van der Waals surface area contributed by atoms with E-state index in [1.54, 1.807) is 6.08 Å². The predicted molar refractivity (Wildman–Crippen MR) is 292 cm³/mol. The molecule has 1 aliphatic rings. The number of rotatable bonds is 50. The van der Waals surface area contributed by atoms with Crippen LogP contribution in [-0.4, -0.2) is 100 Å². The maximum absolute atomic E-state index is 13.0. The zero-order valence-electron chi connectivity index (χ0n) is 45.4. The van der Waals surface area contributed by atoms with Gasteiger partial charge >= 0.3 is 5.97 Å². The number of carbonyl (C=O) groups is 2. The number of carbonyl (C=O) groups excluding carboxylic acids is 2. The molecule has 71 heavy (non-hydrogen) atoms. The molecule has 0 radical (unpaired) electrons. The fourth-order valence-electron chi connectivity index (χ4n) is 8.94. The van der Waals surface area contributed by atoms with E-state index in [0.717, 1.165) is 96.3 Å². The summed E-state index contributed by atoms with van der Waals surface area (Å²) in [4.78, 5) is 25.0. The van der Waals surface area contributed by atoms with Crippen LogP contribution in [0.25, 0.3) is 0 Å². The molecule has 0 bridgehead atoms. The summed E-state index contributed by atoms with van der Waals surface area (Å²) >= 11 is 0. The zero-order chi connectivity index (χ0) is 51.7. The molecule has 1 rings (SSSR count). The van der Waals surface area contributed by atoms with Crippen molar-refractivity contribution in [3.05, 3.63) is 48.6 Å². The maximum atomic E-state index is 13.0. The molecule has 0 spiro atoms. The van der Waals surface area contributed by atoms with Gasteiger partial charge in [0.1, 0.15) is 24.4 Å². The molecular formula is C60H109NO10. The third kappa shape index (κ3) is 39.7. The van der Waals surface area contributed by atoms with Crippen molar-refractivity contribution in [1.29, 1.82) is 0 Å². The fourth-order valence-corrected chi connectivity index (χ4v) is 8.94. The highest BCUT2D eigenvalue weighted by Crippen LogP contribution is 2.23. The summed E-state index contributed by atoms with van der Waals surface area (Å²) in [6.45, 7) is 4.23. The first-order valence-corrected chi connectivity index (χ1v) is 29.4. The quantitative estimate of drug-likeness (QED) is 0.0195. The summed E-state index contributed by atoms with van der Waals surface area (Å²) < 4.78 is 16.7. The molecule has 0 aromatic heterocycles. The average Bonchev–Trinajstić information content (AvgIpc) is 3.37. The van der Waals surface area contributed by atoms with Crippen molar-refractivity contribution >= 4 is 11.9 Å². The van der Waals surface area contributed by atoms with Crippen molar-refractivity contribution in [2.24, 2.45) is 0 Å². The van der Waals surface area contributed by atoms with Gasteiger partial charge in [0.05, 0.1) is 32.0 Å². The molecule has 11 heteroatoms. The molecule has 1 aliphatic heterocycles. The third-order valence-corrected chi connectivity index (χ3v) is 13.6. The molecule has 1 saturated heterocycles. The number of unbranched alkanes of at least 4 members (excludes halogenated alkanes) is 30. The lowest BCUT2D eigenvalue weighted by Crippen LogP contribution is -2.60. The second-order valence-corrected chi connectivity index (χ2v) is 20.3. The van der Waals surface area contributed by atoms with Crippen LogP contribution in [0.4, 0.5) is 0 Å². The van der Waals surface area contributed by atoms with Gasteiger partial charge in [-0.15, -0.1) is 0 Å². The lowest BCUT2D eigenvalue weighted by atomic mass is 9.99. The summed E-state index contributed by atoms with van der Waals surface area (Å²) in [5, 5.41) is 54.2. The van der Waals surface area contributed by atoms with Crippen molar-refractivity contribution in [1.82, 2.24) is 5.32 Å². The molecular weight excluding hydrogens is 895 g/mol. The van der Waals surface area contributed by atoms with E-state index in [0.29, 0.717) is 19.4 Å². The van der Waals surface area contributed by atoms with Crippen LogP contribution in [0.2, 0.25) is 0 Å². The number of hydrogen-bond acceptors (Lipinski definition) is 10. The van der Waals surface area contributed by atoms with Gasteiger partial charge in [-0.1, -0.05) is 217 Å². The van der Waals surface area contributed by atoms with Crippen LogP contribution in [0.1, 0.15) is 258 Å². The monoisotopic (exact) mass is 1000 g/mol. The van der Waals surface area contributed by atoms with Gasteiger partial charge in [-0.2, -0.15) is 0 Å². The van der Waals surface area contributed by atoms with Gasteiger partial charge < -0.3 is 45.1 Å². The van der Waals surface area contributed by atoms with E-state index in [1.165, 1.54) is 135 Å². The second kappa shape index (κ2) is 49.8. The third-order valence-electron chi connectivity index (χ3n) is 13.6. The number of ether oxygens (including phenoxy) is 3. The Labute approximate surface area is 434 Å². The minimum atomic E-state index is -1.58. The van der Waals surface area contributed by atoms with Crippen LogP contribution in [0.5, 0.6) is 0 Å². The van der Waals surface area contributed by atoms with Crippen molar-refractivity contribution in [2.45, 2.75) is 301 Å². The molecule has 0 saturated carbocycles. The second-order valence-electron chi connectivity index (χ2n) is 20.3. The summed E-state index contributed by atoms with van der Waals surface area (Å²) in [5.74, 6) is -0.213. The van der Waals surface area contributed by atoms with E-state index < -0.39 is 49.5 Å². The Balaban J connectivity index is 2.08. The zero-order valence-corrected chi connectivity index (χ0v) is 45.4. The number of aliphatic hydroxyl groups is 5. The highest BCUT2D eigenvalue weighted by atomic mass is 16.7. The van der Waals surface area contributed by atoms with Crippen LogP contribution >= 0.6 is 0 Å². The van der Waals surface area contributed by atoms with Gasteiger partial charge in [0, 0.05) is 12.8 Å². The van der Waals surface area contributed by atoms with E-state index in [1.807, 2.05) is 6.08 Å². The molecule has 0 aliphatic carbocycles. The van der Waals surface area contributed by atoms with Gasteiger partial charge in [0.25, 0.3) is 0 Å². The number of nitrogens with one attached hydrogen (secondary N) is 1. The summed E-state index contributed by atoms with van der Waals surface area (Å²) in [6.07, 6.45) is 52.1. The number of esters is 1. The normalized spacial score (nSPS) is 19.5. The number of amides is 1. The van der Waals surface area contributed by atoms with E-state index >= 15 is 0 Å². The number of allylic oxidation sites excluding steroid dienone is 7. The standard InChI is InChI=1S/C60H109NO10/c1-3-5-7-9-11-13-26-30-34-38-42-46-53(63)52(51-70-60-59(68)58(67)57(66)54(50-62)71-60)61-55(64)47-43-39-35-31-28-24-22-20-18-16-15-17-19-21-23-25-29-33-37-41-45-49-69-56(65)48-44-40-36-32-27-14-12-10-8-6-4-2/h7,9,16,18,26,30,42,46,52-54,57-60,62-63,66-68H,3-6,8,10-15,17,19-25,27-29,31-41,43-45,47-51H2,1-2H3,(H,61,64)/b9-7+,18-16-,30-26+,46-42+. The lowest BCUT2D eigenvalue weighted by Gasteiger charge is -2.40. The van der Waals surface area contributed by atoms with Crippen LogP contribution in [0.15, 0.2) is 48.6 Å². The van der Waals surface area contributed by atoms with Gasteiger partial charge in [-0.3, -0.25) is 9.59 Å². The van der Waals surface area contributed by atoms with Crippen molar-refractivity contribution in [3.63, 3.8) is 0 Å². The molecule has 7 unspecified atom stereocenters. The Morgan fingerprint density at radius 1 is 0.507 bits per heavy atom. The lowest BCUT2D eigenvalue weighted by molar-refractivity contribution is -0.302.